The first kappa shape index (κ1) is 20.1. The Morgan fingerprint density at radius 3 is 2.43 bits per heavy atom. The highest BCUT2D eigenvalue weighted by Crippen LogP contribution is 2.26. The molecule has 0 saturated carbocycles. The van der Waals surface area contributed by atoms with Gasteiger partial charge in [0.2, 0.25) is 0 Å². The van der Waals surface area contributed by atoms with Crippen LogP contribution in [0.5, 0.6) is 0 Å². The number of hydrogen-bond acceptors (Lipinski definition) is 5. The van der Waals surface area contributed by atoms with E-state index in [1.807, 2.05) is 13.0 Å². The van der Waals surface area contributed by atoms with E-state index in [1.165, 1.54) is 12.1 Å². The van der Waals surface area contributed by atoms with Gasteiger partial charge in [0, 0.05) is 17.7 Å². The number of fused-ring (bicyclic) bond motifs is 1. The molecular weight excluding hydrogens is 420 g/mol. The number of ketones is 1. The van der Waals surface area contributed by atoms with Gasteiger partial charge in [0.15, 0.2) is 5.78 Å². The minimum absolute atomic E-state index is 0.0291. The zero-order chi connectivity index (χ0) is 21.3. The molecular formula is C22H18N2O4S2. The van der Waals surface area contributed by atoms with E-state index in [2.05, 4.69) is 4.72 Å². The molecule has 0 saturated heterocycles. The largest absolute Gasteiger partial charge is 0.308 e. The van der Waals surface area contributed by atoms with E-state index in [1.54, 1.807) is 59.2 Å². The van der Waals surface area contributed by atoms with Gasteiger partial charge in [-0.3, -0.25) is 18.9 Å². The maximum atomic E-state index is 13.0. The Hall–Kier alpha value is -3.23. The first-order valence-electron chi connectivity index (χ1n) is 9.25. The highest BCUT2D eigenvalue weighted by atomic mass is 32.2. The van der Waals surface area contributed by atoms with E-state index in [-0.39, 0.29) is 26.8 Å². The topological polar surface area (TPSA) is 85.2 Å². The molecule has 152 valence electrons. The molecule has 6 nitrogen and oxygen atoms in total. The molecule has 1 aromatic heterocycles. The lowest BCUT2D eigenvalue weighted by Gasteiger charge is -2.12. The van der Waals surface area contributed by atoms with Crippen LogP contribution in [0.2, 0.25) is 0 Å². The summed E-state index contributed by atoms with van der Waals surface area (Å²) in [6.07, 6.45) is 0. The third kappa shape index (κ3) is 3.67. The second kappa shape index (κ2) is 7.89. The predicted molar refractivity (Wildman–Crippen MR) is 119 cm³/mol. The van der Waals surface area contributed by atoms with Gasteiger partial charge in [0.1, 0.15) is 0 Å². The number of hydrogen-bond donors (Lipinski definition) is 1. The van der Waals surface area contributed by atoms with Crippen LogP contribution in [0.1, 0.15) is 22.8 Å². The Morgan fingerprint density at radius 1 is 1.00 bits per heavy atom. The monoisotopic (exact) mass is 438 g/mol. The van der Waals surface area contributed by atoms with Crippen molar-refractivity contribution in [3.8, 4) is 0 Å². The van der Waals surface area contributed by atoms with Crippen LogP contribution in [0.25, 0.3) is 10.2 Å². The maximum absolute atomic E-state index is 13.0. The summed E-state index contributed by atoms with van der Waals surface area (Å²) < 4.78 is 30.7. The molecule has 0 bridgehead atoms. The lowest BCUT2D eigenvalue weighted by Crippen LogP contribution is -2.16. The van der Waals surface area contributed by atoms with Crippen molar-refractivity contribution in [3.05, 3.63) is 93.6 Å². The fraction of sp³-hybridized carbons (Fsp3) is 0.0909. The lowest BCUT2D eigenvalue weighted by molar-refractivity contribution is 0.103. The molecule has 0 atom stereocenters. The molecule has 0 aliphatic heterocycles. The van der Waals surface area contributed by atoms with Crippen LogP contribution < -0.4 is 9.60 Å². The predicted octanol–water partition coefficient (Wildman–Crippen LogP) is 4.11. The van der Waals surface area contributed by atoms with Gasteiger partial charge >= 0.3 is 4.87 Å². The molecule has 0 radical (unpaired) electrons. The van der Waals surface area contributed by atoms with Gasteiger partial charge in [0.05, 0.1) is 20.8 Å². The summed E-state index contributed by atoms with van der Waals surface area (Å²) in [6, 6.07) is 19.7. The molecule has 0 spiro atoms. The van der Waals surface area contributed by atoms with Crippen molar-refractivity contribution in [2.75, 3.05) is 4.72 Å². The van der Waals surface area contributed by atoms with Crippen LogP contribution in [0.15, 0.2) is 82.5 Å². The number of para-hydroxylation sites is 1. The number of thiazole rings is 1. The average molecular weight is 439 g/mol. The average Bonchev–Trinajstić information content (AvgIpc) is 3.08. The fourth-order valence-corrected chi connectivity index (χ4v) is 5.41. The summed E-state index contributed by atoms with van der Waals surface area (Å²) >= 11 is 1.01. The van der Waals surface area contributed by atoms with Gasteiger partial charge in [0.25, 0.3) is 10.0 Å². The molecule has 0 aliphatic carbocycles. The van der Waals surface area contributed by atoms with E-state index in [0.717, 1.165) is 11.3 Å². The number of nitrogens with zero attached hydrogens (tertiary/aromatic N) is 1. The minimum atomic E-state index is -3.96. The number of benzene rings is 3. The number of carbonyl (C=O) groups is 1. The Morgan fingerprint density at radius 2 is 1.70 bits per heavy atom. The zero-order valence-electron chi connectivity index (χ0n) is 16.0. The van der Waals surface area contributed by atoms with E-state index in [0.29, 0.717) is 22.3 Å². The smallest absolute Gasteiger partial charge is 0.299 e. The molecule has 1 heterocycles. The number of aromatic nitrogens is 1. The summed E-state index contributed by atoms with van der Waals surface area (Å²) in [5.41, 5.74) is 1.63. The van der Waals surface area contributed by atoms with Crippen LogP contribution in [0.4, 0.5) is 5.69 Å². The maximum Gasteiger partial charge on any atom is 0.308 e. The van der Waals surface area contributed by atoms with Crippen molar-refractivity contribution in [2.45, 2.75) is 18.4 Å². The Balaban J connectivity index is 1.72. The Labute approximate surface area is 177 Å². The van der Waals surface area contributed by atoms with Gasteiger partial charge in [-0.15, -0.1) is 0 Å². The van der Waals surface area contributed by atoms with Crippen molar-refractivity contribution in [3.63, 3.8) is 0 Å². The van der Waals surface area contributed by atoms with Crippen molar-refractivity contribution in [2.24, 2.45) is 0 Å². The van der Waals surface area contributed by atoms with Crippen molar-refractivity contribution < 1.29 is 13.2 Å². The Bertz CT molecular complexity index is 1400. The summed E-state index contributed by atoms with van der Waals surface area (Å²) in [4.78, 5) is 24.8. The quantitative estimate of drug-likeness (QED) is 0.459. The summed E-state index contributed by atoms with van der Waals surface area (Å²) in [5.74, 6) is -0.275. The standard InChI is InChI=1S/C22H18N2O4S2/c1-2-24-19-13-12-16(14-20(19)29-22(24)26)30(27,28)23-18-11-7-6-10-17(18)21(25)15-8-4-3-5-9-15/h3-14,23H,2H2,1H3. The number of carbonyl (C=O) groups excluding carboxylic acids is 1. The van der Waals surface area contributed by atoms with Crippen LogP contribution in [-0.2, 0) is 16.6 Å². The van der Waals surface area contributed by atoms with Gasteiger partial charge in [-0.2, -0.15) is 0 Å². The van der Waals surface area contributed by atoms with E-state index >= 15 is 0 Å². The lowest BCUT2D eigenvalue weighted by atomic mass is 10.0. The second-order valence-corrected chi connectivity index (χ2v) is 9.26. The van der Waals surface area contributed by atoms with Crippen molar-refractivity contribution in [1.82, 2.24) is 4.57 Å². The van der Waals surface area contributed by atoms with Gasteiger partial charge < -0.3 is 0 Å². The van der Waals surface area contributed by atoms with Crippen molar-refractivity contribution >= 4 is 43.0 Å². The van der Waals surface area contributed by atoms with Crippen LogP contribution in [-0.4, -0.2) is 18.8 Å². The van der Waals surface area contributed by atoms with Crippen molar-refractivity contribution in [1.29, 1.82) is 0 Å². The summed E-state index contributed by atoms with van der Waals surface area (Å²) in [7, 11) is -3.96. The Kier molecular flexibility index (Phi) is 5.27. The molecule has 30 heavy (non-hydrogen) atoms. The molecule has 0 aliphatic rings. The molecule has 0 fully saturated rings. The SMILES string of the molecule is CCn1c(=O)sc2cc(S(=O)(=O)Nc3ccccc3C(=O)c3ccccc3)ccc21. The number of rotatable bonds is 6. The first-order valence-corrected chi connectivity index (χ1v) is 11.6. The molecule has 8 heteroatoms. The highest BCUT2D eigenvalue weighted by molar-refractivity contribution is 7.92. The molecule has 3 aromatic carbocycles. The van der Waals surface area contributed by atoms with Gasteiger partial charge in [-0.25, -0.2) is 8.42 Å². The molecule has 4 rings (SSSR count). The number of anilines is 1. The molecule has 1 N–H and O–H groups in total. The minimum Gasteiger partial charge on any atom is -0.299 e. The summed E-state index contributed by atoms with van der Waals surface area (Å²) in [6.45, 7) is 2.37. The first-order chi connectivity index (χ1) is 14.4. The van der Waals surface area contributed by atoms with Gasteiger partial charge in [-0.1, -0.05) is 53.8 Å². The molecule has 0 amide bonds. The van der Waals surface area contributed by atoms with Crippen LogP contribution in [0.3, 0.4) is 0 Å². The van der Waals surface area contributed by atoms with E-state index < -0.39 is 10.0 Å². The normalized spacial score (nSPS) is 11.5. The van der Waals surface area contributed by atoms with Crippen LogP contribution in [0, 0.1) is 0 Å². The number of aryl methyl sites for hydroxylation is 1. The second-order valence-electron chi connectivity index (χ2n) is 6.59. The molecule has 4 aromatic rings. The molecule has 0 unspecified atom stereocenters. The number of sulfonamides is 1. The van der Waals surface area contributed by atoms with Crippen LogP contribution >= 0.6 is 11.3 Å². The van der Waals surface area contributed by atoms with E-state index in [4.69, 9.17) is 0 Å². The zero-order valence-corrected chi connectivity index (χ0v) is 17.7. The highest BCUT2D eigenvalue weighted by Gasteiger charge is 2.20. The van der Waals surface area contributed by atoms with Gasteiger partial charge in [-0.05, 0) is 37.3 Å². The third-order valence-electron chi connectivity index (χ3n) is 4.72. The fourth-order valence-electron chi connectivity index (χ4n) is 3.23. The summed E-state index contributed by atoms with van der Waals surface area (Å²) in [5, 5.41) is 0. The third-order valence-corrected chi connectivity index (χ3v) is 7.02. The number of nitrogens with one attached hydrogen (secondary N) is 1. The van der Waals surface area contributed by atoms with E-state index in [9.17, 15) is 18.0 Å².